The van der Waals surface area contributed by atoms with Gasteiger partial charge in [-0.2, -0.15) is 0 Å². The highest BCUT2D eigenvalue weighted by molar-refractivity contribution is 5.56. The average Bonchev–Trinajstić information content (AvgIpc) is 2.93. The van der Waals surface area contributed by atoms with Crippen LogP contribution in [0, 0.1) is 11.7 Å². The van der Waals surface area contributed by atoms with Gasteiger partial charge in [0, 0.05) is 43.4 Å². The molecule has 0 saturated carbocycles. The van der Waals surface area contributed by atoms with Gasteiger partial charge in [-0.15, -0.1) is 0 Å². The molecule has 0 bridgehead atoms. The molecule has 0 spiro atoms. The van der Waals surface area contributed by atoms with Crippen molar-refractivity contribution in [1.29, 1.82) is 0 Å². The standard InChI is InChI=1S/C17H27FN2O/c1-4-9-19-13(2)17-15(18)6-5-7-16(17)20-10-8-14(11-20)12-21-3/h5-7,13-14,19H,4,8-12H2,1-3H3. The number of hydrogen-bond donors (Lipinski definition) is 1. The van der Waals surface area contributed by atoms with Gasteiger partial charge in [-0.3, -0.25) is 0 Å². The van der Waals surface area contributed by atoms with E-state index < -0.39 is 0 Å². The van der Waals surface area contributed by atoms with Gasteiger partial charge >= 0.3 is 0 Å². The fourth-order valence-electron chi connectivity index (χ4n) is 3.12. The molecule has 1 aromatic carbocycles. The molecule has 1 N–H and O–H groups in total. The summed E-state index contributed by atoms with van der Waals surface area (Å²) in [7, 11) is 1.74. The van der Waals surface area contributed by atoms with Crippen molar-refractivity contribution in [3.63, 3.8) is 0 Å². The Morgan fingerprint density at radius 2 is 2.29 bits per heavy atom. The molecule has 0 aliphatic carbocycles. The lowest BCUT2D eigenvalue weighted by atomic mass is 10.0. The zero-order chi connectivity index (χ0) is 15.2. The van der Waals surface area contributed by atoms with Crippen LogP contribution in [0.1, 0.15) is 38.3 Å². The molecule has 1 aliphatic rings. The first-order valence-corrected chi connectivity index (χ1v) is 7.93. The number of halogens is 1. The minimum absolute atomic E-state index is 0.0302. The van der Waals surface area contributed by atoms with Gasteiger partial charge < -0.3 is 15.0 Å². The maximum absolute atomic E-state index is 14.3. The Morgan fingerprint density at radius 3 is 3.00 bits per heavy atom. The number of hydrogen-bond acceptors (Lipinski definition) is 3. The fraction of sp³-hybridized carbons (Fsp3) is 0.647. The highest BCUT2D eigenvalue weighted by Crippen LogP contribution is 2.32. The van der Waals surface area contributed by atoms with Crippen LogP contribution < -0.4 is 10.2 Å². The SMILES string of the molecule is CCCNC(C)c1c(F)cccc1N1CCC(COC)C1. The van der Waals surface area contributed by atoms with Crippen LogP contribution in [0.15, 0.2) is 18.2 Å². The Kier molecular flexibility index (Phi) is 6.00. The van der Waals surface area contributed by atoms with Gasteiger partial charge in [0.1, 0.15) is 5.82 Å². The van der Waals surface area contributed by atoms with Gasteiger partial charge in [0.05, 0.1) is 6.61 Å². The van der Waals surface area contributed by atoms with E-state index in [4.69, 9.17) is 4.74 Å². The number of nitrogens with one attached hydrogen (secondary N) is 1. The maximum atomic E-state index is 14.3. The average molecular weight is 294 g/mol. The van der Waals surface area contributed by atoms with Gasteiger partial charge in [-0.1, -0.05) is 13.0 Å². The Morgan fingerprint density at radius 1 is 1.48 bits per heavy atom. The van der Waals surface area contributed by atoms with Gasteiger partial charge in [-0.05, 0) is 38.4 Å². The normalized spacial score (nSPS) is 20.0. The van der Waals surface area contributed by atoms with Crippen molar-refractivity contribution in [3.8, 4) is 0 Å². The highest BCUT2D eigenvalue weighted by Gasteiger charge is 2.26. The molecule has 0 aromatic heterocycles. The van der Waals surface area contributed by atoms with Crippen molar-refractivity contribution in [2.75, 3.05) is 38.3 Å². The summed E-state index contributed by atoms with van der Waals surface area (Å²) in [6, 6.07) is 5.44. The van der Waals surface area contributed by atoms with E-state index in [1.807, 2.05) is 19.1 Å². The Labute approximate surface area is 127 Å². The molecule has 1 saturated heterocycles. The van der Waals surface area contributed by atoms with E-state index in [1.165, 1.54) is 0 Å². The monoisotopic (exact) mass is 294 g/mol. The van der Waals surface area contributed by atoms with E-state index in [2.05, 4.69) is 17.1 Å². The van der Waals surface area contributed by atoms with Crippen molar-refractivity contribution in [2.45, 2.75) is 32.7 Å². The number of anilines is 1. The van der Waals surface area contributed by atoms with Crippen molar-refractivity contribution in [3.05, 3.63) is 29.6 Å². The summed E-state index contributed by atoms with van der Waals surface area (Å²) in [6.07, 6.45) is 2.16. The maximum Gasteiger partial charge on any atom is 0.130 e. The van der Waals surface area contributed by atoms with Gasteiger partial charge in [0.2, 0.25) is 0 Å². The predicted octanol–water partition coefficient (Wildman–Crippen LogP) is 3.36. The molecule has 1 fully saturated rings. The Bertz CT molecular complexity index is 452. The lowest BCUT2D eigenvalue weighted by molar-refractivity contribution is 0.161. The summed E-state index contributed by atoms with van der Waals surface area (Å²) in [5.41, 5.74) is 1.83. The minimum Gasteiger partial charge on any atom is -0.384 e. The second-order valence-corrected chi connectivity index (χ2v) is 5.90. The van der Waals surface area contributed by atoms with Crippen molar-refractivity contribution in [1.82, 2.24) is 5.32 Å². The van der Waals surface area contributed by atoms with Crippen LogP contribution >= 0.6 is 0 Å². The van der Waals surface area contributed by atoms with E-state index in [9.17, 15) is 4.39 Å². The molecule has 2 rings (SSSR count). The number of rotatable bonds is 7. The second-order valence-electron chi connectivity index (χ2n) is 5.90. The van der Waals surface area contributed by atoms with E-state index in [0.29, 0.717) is 5.92 Å². The third-order valence-electron chi connectivity index (χ3n) is 4.19. The largest absolute Gasteiger partial charge is 0.384 e. The van der Waals surface area contributed by atoms with Crippen LogP contribution in [0.3, 0.4) is 0 Å². The summed E-state index contributed by atoms with van der Waals surface area (Å²) in [4.78, 5) is 2.30. The smallest absolute Gasteiger partial charge is 0.130 e. The molecule has 1 aliphatic heterocycles. The molecule has 0 radical (unpaired) electrons. The van der Waals surface area contributed by atoms with E-state index in [1.54, 1.807) is 13.2 Å². The van der Waals surface area contributed by atoms with Crippen molar-refractivity contribution in [2.24, 2.45) is 5.92 Å². The van der Waals surface area contributed by atoms with Crippen LogP contribution in [0.5, 0.6) is 0 Å². The third-order valence-corrected chi connectivity index (χ3v) is 4.19. The molecule has 21 heavy (non-hydrogen) atoms. The van der Waals surface area contributed by atoms with Crippen LogP contribution in [0.4, 0.5) is 10.1 Å². The number of nitrogens with zero attached hydrogens (tertiary/aromatic N) is 1. The second kappa shape index (κ2) is 7.76. The first-order chi connectivity index (χ1) is 10.2. The summed E-state index contributed by atoms with van der Waals surface area (Å²) in [6.45, 7) is 7.78. The highest BCUT2D eigenvalue weighted by atomic mass is 19.1. The molecular formula is C17H27FN2O. The molecule has 0 amide bonds. The molecule has 4 heteroatoms. The van der Waals surface area contributed by atoms with Crippen LogP contribution in [0.25, 0.3) is 0 Å². The Hall–Kier alpha value is -1.13. The quantitative estimate of drug-likeness (QED) is 0.834. The minimum atomic E-state index is -0.112. The number of ether oxygens (including phenoxy) is 1. The molecule has 2 unspecified atom stereocenters. The predicted molar refractivity (Wildman–Crippen MR) is 85.3 cm³/mol. The topological polar surface area (TPSA) is 24.5 Å². The molecule has 2 atom stereocenters. The zero-order valence-electron chi connectivity index (χ0n) is 13.4. The van der Waals surface area contributed by atoms with E-state index in [-0.39, 0.29) is 11.9 Å². The van der Waals surface area contributed by atoms with E-state index >= 15 is 0 Å². The van der Waals surface area contributed by atoms with Crippen molar-refractivity contribution >= 4 is 5.69 Å². The van der Waals surface area contributed by atoms with Crippen LogP contribution in [-0.4, -0.2) is 33.4 Å². The fourth-order valence-corrected chi connectivity index (χ4v) is 3.12. The molecule has 1 aromatic rings. The Balaban J connectivity index is 2.17. The summed E-state index contributed by atoms with van der Waals surface area (Å²) in [5.74, 6) is 0.434. The summed E-state index contributed by atoms with van der Waals surface area (Å²) in [5, 5.41) is 3.40. The molecule has 3 nitrogen and oxygen atoms in total. The summed E-state index contributed by atoms with van der Waals surface area (Å²) < 4.78 is 19.6. The molecule has 118 valence electrons. The third kappa shape index (κ3) is 3.95. The number of methoxy groups -OCH3 is 1. The lowest BCUT2D eigenvalue weighted by Gasteiger charge is -2.26. The zero-order valence-corrected chi connectivity index (χ0v) is 13.4. The first-order valence-electron chi connectivity index (χ1n) is 7.93. The van der Waals surface area contributed by atoms with Gasteiger partial charge in [-0.25, -0.2) is 4.39 Å². The number of benzene rings is 1. The lowest BCUT2D eigenvalue weighted by Crippen LogP contribution is -2.26. The first kappa shape index (κ1) is 16.2. The van der Waals surface area contributed by atoms with Gasteiger partial charge in [0.25, 0.3) is 0 Å². The van der Waals surface area contributed by atoms with E-state index in [0.717, 1.165) is 50.3 Å². The van der Waals surface area contributed by atoms with Crippen LogP contribution in [-0.2, 0) is 4.74 Å². The molecule has 1 heterocycles. The van der Waals surface area contributed by atoms with Gasteiger partial charge in [0.15, 0.2) is 0 Å². The van der Waals surface area contributed by atoms with Crippen molar-refractivity contribution < 1.29 is 9.13 Å². The molecular weight excluding hydrogens is 267 g/mol. The van der Waals surface area contributed by atoms with Crippen LogP contribution in [0.2, 0.25) is 0 Å². The summed E-state index contributed by atoms with van der Waals surface area (Å²) >= 11 is 0.